The summed E-state index contributed by atoms with van der Waals surface area (Å²) in [7, 11) is 0. The van der Waals surface area contributed by atoms with Crippen molar-refractivity contribution in [2.75, 3.05) is 6.26 Å². The van der Waals surface area contributed by atoms with Gasteiger partial charge in [-0.15, -0.1) is 5.10 Å². The summed E-state index contributed by atoms with van der Waals surface area (Å²) in [5.41, 5.74) is 4.04. The fourth-order valence-corrected chi connectivity index (χ4v) is 3.68. The number of carbonyl (C=O) groups excluding carboxylic acids is 1. The Labute approximate surface area is 150 Å². The Hall–Kier alpha value is -2.21. The first kappa shape index (κ1) is 16.3. The molecule has 6 heteroatoms. The fourth-order valence-electron chi connectivity index (χ4n) is 3.34. The molecule has 0 saturated heterocycles. The molecule has 1 atom stereocenters. The van der Waals surface area contributed by atoms with Gasteiger partial charge in [0.1, 0.15) is 0 Å². The van der Waals surface area contributed by atoms with Gasteiger partial charge in [-0.3, -0.25) is 4.79 Å². The topological polar surface area (TPSA) is 60.1 Å². The van der Waals surface area contributed by atoms with E-state index in [4.69, 9.17) is 0 Å². The molecule has 128 valence electrons. The minimum atomic E-state index is 0.134. The lowest BCUT2D eigenvalue weighted by atomic mass is 9.81. The quantitative estimate of drug-likeness (QED) is 0.670. The van der Waals surface area contributed by atoms with Gasteiger partial charge in [-0.05, 0) is 35.6 Å². The average molecular weight is 352 g/mol. The van der Waals surface area contributed by atoms with Crippen LogP contribution >= 0.6 is 11.8 Å². The van der Waals surface area contributed by atoms with E-state index >= 15 is 0 Å². The SMILES string of the molecule is CSc1nc2nc3c(cn2n1)C(=O)CC(c1ccc(C(C)C)cc1)C3. The monoisotopic (exact) mass is 352 g/mol. The van der Waals surface area contributed by atoms with Gasteiger partial charge in [0.15, 0.2) is 5.78 Å². The van der Waals surface area contributed by atoms with E-state index in [0.29, 0.717) is 28.8 Å². The summed E-state index contributed by atoms with van der Waals surface area (Å²) in [4.78, 5) is 21.7. The van der Waals surface area contributed by atoms with Crippen LogP contribution in [0.4, 0.5) is 0 Å². The van der Waals surface area contributed by atoms with Crippen LogP contribution in [0, 0.1) is 0 Å². The van der Waals surface area contributed by atoms with Crippen LogP contribution in [0.1, 0.15) is 59.3 Å². The molecule has 2 heterocycles. The molecule has 0 bridgehead atoms. The zero-order valence-electron chi connectivity index (χ0n) is 14.6. The predicted octanol–water partition coefficient (Wildman–Crippen LogP) is 3.88. The van der Waals surface area contributed by atoms with E-state index in [1.807, 2.05) is 6.26 Å². The third-order valence-corrected chi connectivity index (χ3v) is 5.36. The first-order valence-corrected chi connectivity index (χ1v) is 9.71. The van der Waals surface area contributed by atoms with Crippen LogP contribution in [0.3, 0.4) is 0 Å². The predicted molar refractivity (Wildman–Crippen MR) is 98.5 cm³/mol. The number of aromatic nitrogens is 4. The molecule has 4 rings (SSSR count). The summed E-state index contributed by atoms with van der Waals surface area (Å²) >= 11 is 1.47. The van der Waals surface area contributed by atoms with E-state index < -0.39 is 0 Å². The van der Waals surface area contributed by atoms with Crippen molar-refractivity contribution < 1.29 is 4.79 Å². The van der Waals surface area contributed by atoms with Crippen LogP contribution in [0.2, 0.25) is 0 Å². The number of rotatable bonds is 3. The van der Waals surface area contributed by atoms with E-state index in [-0.39, 0.29) is 11.7 Å². The summed E-state index contributed by atoms with van der Waals surface area (Å²) in [5, 5.41) is 5.00. The molecule has 0 fully saturated rings. The second-order valence-electron chi connectivity index (χ2n) is 6.79. The fraction of sp³-hybridized carbons (Fsp3) is 0.368. The summed E-state index contributed by atoms with van der Waals surface area (Å²) in [6.07, 6.45) is 4.99. The second-order valence-corrected chi connectivity index (χ2v) is 7.57. The normalized spacial score (nSPS) is 17.3. The minimum absolute atomic E-state index is 0.134. The van der Waals surface area contributed by atoms with Crippen LogP contribution in [0.5, 0.6) is 0 Å². The molecule has 5 nitrogen and oxygen atoms in total. The van der Waals surface area contributed by atoms with Crippen molar-refractivity contribution in [2.45, 2.75) is 43.7 Å². The summed E-state index contributed by atoms with van der Waals surface area (Å²) < 4.78 is 1.61. The molecule has 1 aromatic carbocycles. The van der Waals surface area contributed by atoms with E-state index in [1.54, 1.807) is 10.7 Å². The van der Waals surface area contributed by atoms with Crippen molar-refractivity contribution in [2.24, 2.45) is 0 Å². The standard InChI is InChI=1S/C19H20N4OS/c1-11(2)12-4-6-13(7-5-12)14-8-16-15(17(24)9-14)10-23-18(20-16)21-19(22-23)25-3/h4-7,10-11,14H,8-9H2,1-3H3. The molecule has 1 aliphatic carbocycles. The Kier molecular flexibility index (Phi) is 4.07. The molecule has 0 N–H and O–H groups in total. The lowest BCUT2D eigenvalue weighted by Crippen LogP contribution is -2.21. The number of hydrogen-bond acceptors (Lipinski definition) is 5. The maximum absolute atomic E-state index is 12.7. The van der Waals surface area contributed by atoms with Crippen molar-refractivity contribution in [3.63, 3.8) is 0 Å². The van der Waals surface area contributed by atoms with Crippen molar-refractivity contribution in [1.82, 2.24) is 19.6 Å². The summed E-state index contributed by atoms with van der Waals surface area (Å²) in [5.74, 6) is 1.39. The molecule has 0 aliphatic heterocycles. The Morgan fingerprint density at radius 1 is 1.16 bits per heavy atom. The number of benzene rings is 1. The number of ketones is 1. The largest absolute Gasteiger partial charge is 0.294 e. The first-order chi connectivity index (χ1) is 12.0. The molecule has 0 radical (unpaired) electrons. The van der Waals surface area contributed by atoms with Gasteiger partial charge >= 0.3 is 0 Å². The highest BCUT2D eigenvalue weighted by atomic mass is 32.2. The third kappa shape index (κ3) is 2.95. The van der Waals surface area contributed by atoms with Gasteiger partial charge in [-0.1, -0.05) is 49.9 Å². The Morgan fingerprint density at radius 3 is 2.60 bits per heavy atom. The number of thioether (sulfide) groups is 1. The van der Waals surface area contributed by atoms with Crippen LogP contribution in [-0.4, -0.2) is 31.6 Å². The zero-order valence-corrected chi connectivity index (χ0v) is 15.4. The van der Waals surface area contributed by atoms with Crippen molar-refractivity contribution in [1.29, 1.82) is 0 Å². The molecule has 0 amide bonds. The number of nitrogens with zero attached hydrogens (tertiary/aromatic N) is 4. The lowest BCUT2D eigenvalue weighted by Gasteiger charge is -2.23. The Morgan fingerprint density at radius 2 is 1.92 bits per heavy atom. The molecule has 0 spiro atoms. The van der Waals surface area contributed by atoms with Crippen LogP contribution in [0.15, 0.2) is 35.6 Å². The number of fused-ring (bicyclic) bond motifs is 2. The Bertz CT molecular complexity index is 946. The molecule has 2 aromatic heterocycles. The van der Waals surface area contributed by atoms with Gasteiger partial charge in [0, 0.05) is 12.6 Å². The van der Waals surface area contributed by atoms with Gasteiger partial charge in [0.05, 0.1) is 11.3 Å². The Balaban J connectivity index is 1.68. The van der Waals surface area contributed by atoms with E-state index in [9.17, 15) is 4.79 Å². The second kappa shape index (κ2) is 6.26. The van der Waals surface area contributed by atoms with Crippen LogP contribution < -0.4 is 0 Å². The van der Waals surface area contributed by atoms with E-state index in [1.165, 1.54) is 22.9 Å². The highest BCUT2D eigenvalue weighted by Crippen LogP contribution is 2.32. The van der Waals surface area contributed by atoms with E-state index in [0.717, 1.165) is 12.1 Å². The molecular weight excluding hydrogens is 332 g/mol. The van der Waals surface area contributed by atoms with Gasteiger partial charge in [-0.25, -0.2) is 9.50 Å². The molecule has 1 unspecified atom stereocenters. The number of hydrogen-bond donors (Lipinski definition) is 0. The maximum Gasteiger partial charge on any atom is 0.253 e. The third-order valence-electron chi connectivity index (χ3n) is 4.82. The summed E-state index contributed by atoms with van der Waals surface area (Å²) in [6, 6.07) is 8.64. The molecular formula is C19H20N4OS. The highest BCUT2D eigenvalue weighted by molar-refractivity contribution is 7.98. The average Bonchev–Trinajstić information content (AvgIpc) is 3.02. The van der Waals surface area contributed by atoms with Gasteiger partial charge in [0.2, 0.25) is 5.16 Å². The molecule has 25 heavy (non-hydrogen) atoms. The minimum Gasteiger partial charge on any atom is -0.294 e. The van der Waals surface area contributed by atoms with Crippen molar-refractivity contribution >= 4 is 23.3 Å². The van der Waals surface area contributed by atoms with Gasteiger partial charge in [0.25, 0.3) is 5.78 Å². The molecule has 3 aromatic rings. The molecule has 0 saturated carbocycles. The zero-order chi connectivity index (χ0) is 17.6. The number of Topliss-reactive ketones (excluding diaryl/α,β-unsaturated/α-hetero) is 1. The van der Waals surface area contributed by atoms with Crippen molar-refractivity contribution in [3.05, 3.63) is 52.8 Å². The maximum atomic E-state index is 12.7. The van der Waals surface area contributed by atoms with E-state index in [2.05, 4.69) is 53.2 Å². The van der Waals surface area contributed by atoms with Gasteiger partial charge < -0.3 is 0 Å². The first-order valence-electron chi connectivity index (χ1n) is 8.48. The lowest BCUT2D eigenvalue weighted by molar-refractivity contribution is 0.0962. The van der Waals surface area contributed by atoms with Crippen LogP contribution in [-0.2, 0) is 6.42 Å². The summed E-state index contributed by atoms with van der Waals surface area (Å²) in [6.45, 7) is 4.37. The van der Waals surface area contributed by atoms with Crippen LogP contribution in [0.25, 0.3) is 5.78 Å². The smallest absolute Gasteiger partial charge is 0.253 e. The number of carbonyl (C=O) groups is 1. The van der Waals surface area contributed by atoms with Gasteiger partial charge in [-0.2, -0.15) is 4.98 Å². The highest BCUT2D eigenvalue weighted by Gasteiger charge is 2.28. The molecule has 1 aliphatic rings. The van der Waals surface area contributed by atoms with Crippen molar-refractivity contribution in [3.8, 4) is 0 Å².